The first-order valence-electron chi connectivity index (χ1n) is 8.94. The van der Waals surface area contributed by atoms with Crippen molar-refractivity contribution in [1.29, 1.82) is 0 Å². The van der Waals surface area contributed by atoms with E-state index in [1.807, 2.05) is 25.1 Å². The van der Waals surface area contributed by atoms with Crippen LogP contribution in [0.15, 0.2) is 24.3 Å². The van der Waals surface area contributed by atoms with Gasteiger partial charge in [-0.05, 0) is 62.1 Å². The monoisotopic (exact) mass is 333 g/mol. The minimum atomic E-state index is -0.0507. The zero-order valence-electron chi connectivity index (χ0n) is 13.7. The third kappa shape index (κ3) is 3.14. The van der Waals surface area contributed by atoms with E-state index in [0.29, 0.717) is 10.6 Å². The highest BCUT2D eigenvalue weighted by atomic mass is 35.5. The largest absolute Gasteiger partial charge is 0.331 e. The molecule has 1 aromatic rings. The van der Waals surface area contributed by atoms with Crippen LogP contribution in [0.3, 0.4) is 0 Å². The van der Waals surface area contributed by atoms with Gasteiger partial charge >= 0.3 is 0 Å². The van der Waals surface area contributed by atoms with E-state index < -0.39 is 0 Å². The topological polar surface area (TPSA) is 45.7 Å². The lowest BCUT2D eigenvalue weighted by atomic mass is 9.53. The number of amides is 1. The normalized spacial score (nSPS) is 36.0. The SMILES string of the molecule is C[C@H]([NH2+]C12CC3CC(CC(C3)C1)C2)C(=O)Nc1cccc(Cl)c1. The molecule has 0 heterocycles. The molecule has 0 radical (unpaired) electrons. The van der Waals surface area contributed by atoms with Crippen LogP contribution in [-0.2, 0) is 4.79 Å². The number of quaternary nitrogens is 1. The van der Waals surface area contributed by atoms with Gasteiger partial charge in [0.1, 0.15) is 0 Å². The van der Waals surface area contributed by atoms with Gasteiger partial charge in [-0.25, -0.2) is 0 Å². The molecular formula is C19H26ClN2O+. The van der Waals surface area contributed by atoms with E-state index >= 15 is 0 Å². The molecule has 4 aliphatic rings. The summed E-state index contributed by atoms with van der Waals surface area (Å²) in [5.74, 6) is 2.84. The molecule has 5 rings (SSSR count). The van der Waals surface area contributed by atoms with Crippen LogP contribution in [-0.4, -0.2) is 17.5 Å². The van der Waals surface area contributed by atoms with Crippen molar-refractivity contribution < 1.29 is 10.1 Å². The van der Waals surface area contributed by atoms with Gasteiger partial charge in [-0.15, -0.1) is 0 Å². The summed E-state index contributed by atoms with van der Waals surface area (Å²) < 4.78 is 0. The van der Waals surface area contributed by atoms with E-state index in [4.69, 9.17) is 11.6 Å². The number of nitrogens with one attached hydrogen (secondary N) is 1. The fourth-order valence-electron chi connectivity index (χ4n) is 5.81. The molecule has 0 unspecified atom stereocenters. The van der Waals surface area contributed by atoms with Gasteiger partial charge in [-0.2, -0.15) is 0 Å². The Kier molecular flexibility index (Phi) is 3.89. The van der Waals surface area contributed by atoms with Gasteiger partial charge < -0.3 is 10.6 Å². The van der Waals surface area contributed by atoms with Gasteiger partial charge in [0.15, 0.2) is 6.04 Å². The number of rotatable bonds is 4. The molecule has 0 aliphatic heterocycles. The third-order valence-electron chi connectivity index (χ3n) is 6.19. The number of benzene rings is 1. The molecule has 4 saturated carbocycles. The second kappa shape index (κ2) is 5.78. The standard InChI is InChI=1S/C19H25ClN2O/c1-12(18(23)21-17-4-2-3-16(20)8-17)22-19-9-13-5-14(10-19)7-15(6-13)11-19/h2-4,8,12-15,22H,5-7,9-11H2,1H3,(H,21,23)/p+1/t12-,13?,14?,15?,19?/m0/s1. The first-order chi connectivity index (χ1) is 11.0. The lowest BCUT2D eigenvalue weighted by Gasteiger charge is -2.55. The summed E-state index contributed by atoms with van der Waals surface area (Å²) in [7, 11) is 0. The minimum absolute atomic E-state index is 0.0507. The Labute approximate surface area is 143 Å². The molecule has 23 heavy (non-hydrogen) atoms. The minimum Gasteiger partial charge on any atom is -0.331 e. The molecule has 4 bridgehead atoms. The Morgan fingerprint density at radius 2 is 1.83 bits per heavy atom. The van der Waals surface area contributed by atoms with Crippen molar-refractivity contribution in [2.45, 2.75) is 57.0 Å². The fourth-order valence-corrected chi connectivity index (χ4v) is 6.00. The Bertz CT molecular complexity index is 580. The van der Waals surface area contributed by atoms with Crippen molar-refractivity contribution in [3.8, 4) is 0 Å². The first-order valence-corrected chi connectivity index (χ1v) is 9.32. The number of nitrogens with two attached hydrogens (primary N) is 1. The van der Waals surface area contributed by atoms with Gasteiger partial charge in [-0.3, -0.25) is 4.79 Å². The van der Waals surface area contributed by atoms with Crippen LogP contribution in [0.4, 0.5) is 5.69 Å². The quantitative estimate of drug-likeness (QED) is 0.873. The molecule has 1 amide bonds. The van der Waals surface area contributed by atoms with Crippen LogP contribution in [0.5, 0.6) is 0 Å². The van der Waals surface area contributed by atoms with Crippen LogP contribution < -0.4 is 10.6 Å². The summed E-state index contributed by atoms with van der Waals surface area (Å²) >= 11 is 5.99. The van der Waals surface area contributed by atoms with Crippen molar-refractivity contribution in [2.75, 3.05) is 5.32 Å². The molecule has 3 nitrogen and oxygen atoms in total. The van der Waals surface area contributed by atoms with Crippen molar-refractivity contribution in [3.05, 3.63) is 29.3 Å². The van der Waals surface area contributed by atoms with Crippen molar-refractivity contribution >= 4 is 23.2 Å². The predicted molar refractivity (Wildman–Crippen MR) is 92.4 cm³/mol. The van der Waals surface area contributed by atoms with Crippen LogP contribution in [0, 0.1) is 17.8 Å². The maximum Gasteiger partial charge on any atom is 0.282 e. The molecule has 124 valence electrons. The summed E-state index contributed by atoms with van der Waals surface area (Å²) in [4.78, 5) is 12.6. The van der Waals surface area contributed by atoms with E-state index in [1.165, 1.54) is 38.5 Å². The molecule has 3 N–H and O–H groups in total. The molecule has 4 fully saturated rings. The second-order valence-corrected chi connectivity index (χ2v) is 8.67. The molecule has 4 aliphatic carbocycles. The highest BCUT2D eigenvalue weighted by molar-refractivity contribution is 6.30. The zero-order chi connectivity index (χ0) is 16.0. The number of carbonyl (C=O) groups is 1. The molecule has 1 aromatic carbocycles. The van der Waals surface area contributed by atoms with Gasteiger partial charge in [0.05, 0.1) is 5.54 Å². The molecule has 4 heteroatoms. The van der Waals surface area contributed by atoms with E-state index in [9.17, 15) is 4.79 Å². The molecule has 0 spiro atoms. The molecule has 1 atom stereocenters. The van der Waals surface area contributed by atoms with E-state index in [1.54, 1.807) is 6.07 Å². The lowest BCUT2D eigenvalue weighted by molar-refractivity contribution is -0.754. The highest BCUT2D eigenvalue weighted by Gasteiger charge is 2.54. The second-order valence-electron chi connectivity index (χ2n) is 8.23. The van der Waals surface area contributed by atoms with E-state index in [-0.39, 0.29) is 11.9 Å². The van der Waals surface area contributed by atoms with Crippen molar-refractivity contribution in [3.63, 3.8) is 0 Å². The summed E-state index contributed by atoms with van der Waals surface area (Å²) in [5, 5.41) is 6.05. The highest BCUT2D eigenvalue weighted by Crippen LogP contribution is 2.54. The molecule has 0 aromatic heterocycles. The lowest BCUT2D eigenvalue weighted by Crippen LogP contribution is -3.03. The summed E-state index contributed by atoms with van der Waals surface area (Å²) in [5.41, 5.74) is 1.12. The smallest absolute Gasteiger partial charge is 0.282 e. The Hall–Kier alpha value is -1.06. The Morgan fingerprint density at radius 1 is 1.22 bits per heavy atom. The summed E-state index contributed by atoms with van der Waals surface area (Å²) in [6.45, 7) is 2.04. The van der Waals surface area contributed by atoms with Gasteiger partial charge in [0.2, 0.25) is 0 Å². The van der Waals surface area contributed by atoms with Crippen molar-refractivity contribution in [2.24, 2.45) is 17.8 Å². The fraction of sp³-hybridized carbons (Fsp3) is 0.632. The van der Waals surface area contributed by atoms with Gasteiger partial charge in [0.25, 0.3) is 5.91 Å². The predicted octanol–water partition coefficient (Wildman–Crippen LogP) is 3.20. The van der Waals surface area contributed by atoms with Gasteiger partial charge in [0, 0.05) is 30.0 Å². The van der Waals surface area contributed by atoms with E-state index in [0.717, 1.165) is 23.4 Å². The van der Waals surface area contributed by atoms with Crippen molar-refractivity contribution in [1.82, 2.24) is 0 Å². The van der Waals surface area contributed by atoms with Crippen LogP contribution >= 0.6 is 11.6 Å². The average Bonchev–Trinajstić information content (AvgIpc) is 2.45. The van der Waals surface area contributed by atoms with Crippen LogP contribution in [0.1, 0.15) is 45.4 Å². The van der Waals surface area contributed by atoms with Gasteiger partial charge in [-0.1, -0.05) is 17.7 Å². The summed E-state index contributed by atoms with van der Waals surface area (Å²) in [6.07, 6.45) is 8.26. The third-order valence-corrected chi connectivity index (χ3v) is 6.43. The molecular weight excluding hydrogens is 308 g/mol. The average molecular weight is 334 g/mol. The maximum absolute atomic E-state index is 12.6. The zero-order valence-corrected chi connectivity index (χ0v) is 14.5. The van der Waals surface area contributed by atoms with E-state index in [2.05, 4.69) is 10.6 Å². The first kappa shape index (κ1) is 15.5. The maximum atomic E-state index is 12.6. The van der Waals surface area contributed by atoms with Crippen LogP contribution in [0.2, 0.25) is 5.02 Å². The molecule has 0 saturated heterocycles. The number of hydrogen-bond acceptors (Lipinski definition) is 1. The summed E-state index contributed by atoms with van der Waals surface area (Å²) in [6, 6.07) is 7.33. The number of carbonyl (C=O) groups excluding carboxylic acids is 1. The number of anilines is 1. The number of hydrogen-bond donors (Lipinski definition) is 2. The number of halogens is 1. The Morgan fingerprint density at radius 3 is 2.39 bits per heavy atom. The van der Waals surface area contributed by atoms with Crippen LogP contribution in [0.25, 0.3) is 0 Å². The Balaban J connectivity index is 1.41.